The summed E-state index contributed by atoms with van der Waals surface area (Å²) in [5.74, 6) is -1.57. The standard InChI is InChI=1S/C14H13NO5/c1-8-3-2-4-10(12(8)16)13(17)15-7-9-5-6-11(20-9)14(18)19/h2-6,16H,7H2,1H3,(H,15,17)(H,18,19). The number of carbonyl (C=O) groups excluding carboxylic acids is 1. The maximum atomic E-state index is 11.9. The Balaban J connectivity index is 2.05. The number of phenols is 1. The Morgan fingerprint density at radius 3 is 2.65 bits per heavy atom. The molecule has 0 saturated carbocycles. The molecule has 0 saturated heterocycles. The smallest absolute Gasteiger partial charge is 0.371 e. The highest BCUT2D eigenvalue weighted by molar-refractivity contribution is 5.97. The first-order valence-corrected chi connectivity index (χ1v) is 5.88. The number of nitrogens with one attached hydrogen (secondary N) is 1. The lowest BCUT2D eigenvalue weighted by Crippen LogP contribution is -2.22. The van der Waals surface area contributed by atoms with Crippen molar-refractivity contribution in [1.82, 2.24) is 5.32 Å². The van der Waals surface area contributed by atoms with Gasteiger partial charge in [-0.3, -0.25) is 4.79 Å². The Labute approximate surface area is 114 Å². The van der Waals surface area contributed by atoms with E-state index in [2.05, 4.69) is 5.32 Å². The minimum Gasteiger partial charge on any atom is -0.507 e. The molecule has 0 radical (unpaired) electrons. The van der Waals surface area contributed by atoms with Crippen molar-refractivity contribution in [3.05, 3.63) is 53.0 Å². The van der Waals surface area contributed by atoms with Crippen molar-refractivity contribution in [1.29, 1.82) is 0 Å². The number of aryl methyl sites for hydroxylation is 1. The highest BCUT2D eigenvalue weighted by Gasteiger charge is 2.14. The maximum absolute atomic E-state index is 11.9. The molecule has 0 atom stereocenters. The highest BCUT2D eigenvalue weighted by Crippen LogP contribution is 2.21. The Bertz CT molecular complexity index is 659. The van der Waals surface area contributed by atoms with E-state index >= 15 is 0 Å². The molecule has 0 fully saturated rings. The monoisotopic (exact) mass is 275 g/mol. The molecular weight excluding hydrogens is 262 g/mol. The van der Waals surface area contributed by atoms with Crippen LogP contribution in [0.15, 0.2) is 34.7 Å². The third-order valence-corrected chi connectivity index (χ3v) is 2.78. The summed E-state index contributed by atoms with van der Waals surface area (Å²) in [6.07, 6.45) is 0. The molecule has 1 amide bonds. The van der Waals surface area contributed by atoms with Crippen molar-refractivity contribution in [3.63, 3.8) is 0 Å². The summed E-state index contributed by atoms with van der Waals surface area (Å²) in [7, 11) is 0. The van der Waals surface area contributed by atoms with E-state index in [9.17, 15) is 14.7 Å². The first-order valence-electron chi connectivity index (χ1n) is 5.88. The zero-order valence-electron chi connectivity index (χ0n) is 10.7. The van der Waals surface area contributed by atoms with Crippen LogP contribution in [0.2, 0.25) is 0 Å². The number of carbonyl (C=O) groups is 2. The van der Waals surface area contributed by atoms with E-state index < -0.39 is 11.9 Å². The van der Waals surface area contributed by atoms with Crippen LogP contribution in [0.25, 0.3) is 0 Å². The zero-order chi connectivity index (χ0) is 14.7. The van der Waals surface area contributed by atoms with Gasteiger partial charge in [0.25, 0.3) is 5.91 Å². The summed E-state index contributed by atoms with van der Waals surface area (Å²) in [5, 5.41) is 21.0. The number of aromatic carboxylic acids is 1. The first-order chi connectivity index (χ1) is 9.49. The summed E-state index contributed by atoms with van der Waals surface area (Å²) in [6, 6.07) is 7.65. The Morgan fingerprint density at radius 2 is 2.00 bits per heavy atom. The zero-order valence-corrected chi connectivity index (χ0v) is 10.7. The lowest BCUT2D eigenvalue weighted by Gasteiger charge is -2.07. The minimum absolute atomic E-state index is 0.0412. The van der Waals surface area contributed by atoms with Crippen molar-refractivity contribution in [2.75, 3.05) is 0 Å². The molecule has 1 aromatic heterocycles. The van der Waals surface area contributed by atoms with Crippen molar-refractivity contribution < 1.29 is 24.2 Å². The molecule has 0 bridgehead atoms. The molecule has 6 nitrogen and oxygen atoms in total. The Kier molecular flexibility index (Phi) is 3.74. The molecule has 0 aliphatic rings. The van der Waals surface area contributed by atoms with Crippen LogP contribution in [-0.4, -0.2) is 22.1 Å². The molecule has 20 heavy (non-hydrogen) atoms. The minimum atomic E-state index is -1.17. The number of amides is 1. The van der Waals surface area contributed by atoms with Crippen LogP contribution in [-0.2, 0) is 6.54 Å². The molecule has 2 aromatic rings. The summed E-state index contributed by atoms with van der Waals surface area (Å²) >= 11 is 0. The van der Waals surface area contributed by atoms with Gasteiger partial charge in [-0.25, -0.2) is 4.79 Å². The van der Waals surface area contributed by atoms with Gasteiger partial charge in [-0.05, 0) is 30.7 Å². The topological polar surface area (TPSA) is 99.8 Å². The van der Waals surface area contributed by atoms with E-state index in [0.717, 1.165) is 0 Å². The molecule has 6 heteroatoms. The average molecular weight is 275 g/mol. The molecule has 3 N–H and O–H groups in total. The molecule has 0 spiro atoms. The number of carboxylic acid groups (broad SMARTS) is 1. The third-order valence-electron chi connectivity index (χ3n) is 2.78. The summed E-state index contributed by atoms with van der Waals surface area (Å²) in [4.78, 5) is 22.5. The summed E-state index contributed by atoms with van der Waals surface area (Å²) in [6.45, 7) is 1.73. The Hall–Kier alpha value is -2.76. The number of benzene rings is 1. The lowest BCUT2D eigenvalue weighted by atomic mass is 10.1. The molecule has 1 heterocycles. The van der Waals surface area contributed by atoms with E-state index in [1.165, 1.54) is 18.2 Å². The van der Waals surface area contributed by atoms with Crippen LogP contribution in [0.5, 0.6) is 5.75 Å². The number of hydrogen-bond donors (Lipinski definition) is 3. The van der Waals surface area contributed by atoms with Crippen LogP contribution in [0, 0.1) is 6.92 Å². The van der Waals surface area contributed by atoms with Gasteiger partial charge in [0.2, 0.25) is 5.76 Å². The van der Waals surface area contributed by atoms with Gasteiger partial charge in [0.15, 0.2) is 0 Å². The van der Waals surface area contributed by atoms with Gasteiger partial charge in [0, 0.05) is 0 Å². The van der Waals surface area contributed by atoms with Gasteiger partial charge >= 0.3 is 5.97 Å². The number of aromatic hydroxyl groups is 1. The number of hydrogen-bond acceptors (Lipinski definition) is 4. The molecule has 0 aliphatic carbocycles. The largest absolute Gasteiger partial charge is 0.507 e. The van der Waals surface area contributed by atoms with Gasteiger partial charge in [0.05, 0.1) is 12.1 Å². The van der Waals surface area contributed by atoms with Gasteiger partial charge in [-0.2, -0.15) is 0 Å². The fraction of sp³-hybridized carbons (Fsp3) is 0.143. The lowest BCUT2D eigenvalue weighted by molar-refractivity contribution is 0.0660. The van der Waals surface area contributed by atoms with Gasteiger partial charge < -0.3 is 19.9 Å². The summed E-state index contributed by atoms with van der Waals surface area (Å²) < 4.78 is 5.01. The molecule has 0 unspecified atom stereocenters. The second kappa shape index (κ2) is 5.48. The normalized spacial score (nSPS) is 10.2. The number of para-hydroxylation sites is 1. The number of phenolic OH excluding ortho intramolecular Hbond substituents is 1. The molecule has 2 rings (SSSR count). The van der Waals surface area contributed by atoms with E-state index in [4.69, 9.17) is 9.52 Å². The third kappa shape index (κ3) is 2.80. The fourth-order valence-electron chi connectivity index (χ4n) is 1.69. The second-order valence-corrected chi connectivity index (χ2v) is 4.22. The van der Waals surface area contributed by atoms with Crippen LogP contribution >= 0.6 is 0 Å². The van der Waals surface area contributed by atoms with E-state index in [0.29, 0.717) is 11.3 Å². The predicted molar refractivity (Wildman–Crippen MR) is 69.7 cm³/mol. The Morgan fingerprint density at radius 1 is 1.25 bits per heavy atom. The van der Waals surface area contributed by atoms with Crippen molar-refractivity contribution >= 4 is 11.9 Å². The predicted octanol–water partition coefficient (Wildman–Crippen LogP) is 1.92. The van der Waals surface area contributed by atoms with Gasteiger partial charge in [0.1, 0.15) is 11.5 Å². The number of rotatable bonds is 4. The molecular formula is C14H13NO5. The van der Waals surface area contributed by atoms with Crippen LogP contribution in [0.4, 0.5) is 0 Å². The SMILES string of the molecule is Cc1cccc(C(=O)NCc2ccc(C(=O)O)o2)c1O. The van der Waals surface area contributed by atoms with Crippen LogP contribution < -0.4 is 5.32 Å². The summed E-state index contributed by atoms with van der Waals surface area (Å²) in [5.41, 5.74) is 0.763. The van der Waals surface area contributed by atoms with E-state index in [1.807, 2.05) is 0 Å². The molecule has 0 aliphatic heterocycles. The average Bonchev–Trinajstić information content (AvgIpc) is 2.88. The maximum Gasteiger partial charge on any atom is 0.371 e. The van der Waals surface area contributed by atoms with Gasteiger partial charge in [-0.15, -0.1) is 0 Å². The highest BCUT2D eigenvalue weighted by atomic mass is 16.4. The van der Waals surface area contributed by atoms with Crippen molar-refractivity contribution in [3.8, 4) is 5.75 Å². The van der Waals surface area contributed by atoms with E-state index in [-0.39, 0.29) is 23.6 Å². The number of furan rings is 1. The number of carboxylic acids is 1. The van der Waals surface area contributed by atoms with E-state index in [1.54, 1.807) is 19.1 Å². The van der Waals surface area contributed by atoms with Crippen molar-refractivity contribution in [2.24, 2.45) is 0 Å². The quantitative estimate of drug-likeness (QED) is 0.791. The van der Waals surface area contributed by atoms with Gasteiger partial charge in [-0.1, -0.05) is 12.1 Å². The second-order valence-electron chi connectivity index (χ2n) is 4.22. The molecule has 104 valence electrons. The first kappa shape index (κ1) is 13.7. The molecule has 1 aromatic carbocycles. The fourth-order valence-corrected chi connectivity index (χ4v) is 1.69. The van der Waals surface area contributed by atoms with Crippen LogP contribution in [0.1, 0.15) is 32.2 Å². The van der Waals surface area contributed by atoms with Crippen LogP contribution in [0.3, 0.4) is 0 Å². The van der Waals surface area contributed by atoms with Crippen molar-refractivity contribution in [2.45, 2.75) is 13.5 Å².